The summed E-state index contributed by atoms with van der Waals surface area (Å²) < 4.78 is 13.2. The number of benzene rings is 1. The highest BCUT2D eigenvalue weighted by atomic mass is 32.1. The summed E-state index contributed by atoms with van der Waals surface area (Å²) >= 11 is 1.62. The zero-order chi connectivity index (χ0) is 18.6. The molecule has 0 saturated heterocycles. The Morgan fingerprint density at radius 1 is 1.07 bits per heavy atom. The van der Waals surface area contributed by atoms with E-state index in [1.54, 1.807) is 17.4 Å². The predicted molar refractivity (Wildman–Crippen MR) is 109 cm³/mol. The first-order valence-corrected chi connectivity index (χ1v) is 9.68. The fourth-order valence-electron chi connectivity index (χ4n) is 2.94. The van der Waals surface area contributed by atoms with Crippen LogP contribution in [0.4, 0.5) is 10.2 Å². The van der Waals surface area contributed by atoms with Crippen LogP contribution in [0, 0.1) is 12.7 Å². The van der Waals surface area contributed by atoms with E-state index >= 15 is 0 Å². The summed E-state index contributed by atoms with van der Waals surface area (Å²) in [6.45, 7) is 2.87. The van der Waals surface area contributed by atoms with Gasteiger partial charge in [-0.15, -0.1) is 11.3 Å². The second-order valence-electron chi connectivity index (χ2n) is 6.35. The lowest BCUT2D eigenvalue weighted by Gasteiger charge is -2.09. The number of nitrogens with zero attached hydrogens (tertiary/aromatic N) is 3. The van der Waals surface area contributed by atoms with Crippen LogP contribution >= 0.6 is 11.3 Å². The number of hydrogen-bond acceptors (Lipinski definition) is 5. The maximum atomic E-state index is 13.2. The van der Waals surface area contributed by atoms with Gasteiger partial charge < -0.3 is 5.32 Å². The maximum Gasteiger partial charge on any atom is 0.181 e. The quantitative estimate of drug-likeness (QED) is 0.466. The van der Waals surface area contributed by atoms with Crippen LogP contribution < -0.4 is 5.32 Å². The number of fused-ring (bicyclic) bond motifs is 1. The minimum atomic E-state index is -0.369. The molecule has 4 nitrogen and oxygen atoms in total. The molecule has 4 rings (SSSR count). The van der Waals surface area contributed by atoms with Crippen LogP contribution in [0.5, 0.6) is 0 Å². The van der Waals surface area contributed by atoms with Gasteiger partial charge in [0, 0.05) is 11.4 Å². The summed E-state index contributed by atoms with van der Waals surface area (Å²) in [5.41, 5.74) is 1.89. The summed E-state index contributed by atoms with van der Waals surface area (Å²) in [5, 5.41) is 4.46. The third-order valence-corrected chi connectivity index (χ3v) is 5.19. The van der Waals surface area contributed by atoms with E-state index in [1.807, 2.05) is 6.07 Å². The molecule has 0 atom stereocenters. The van der Waals surface area contributed by atoms with Crippen LogP contribution in [0.3, 0.4) is 0 Å². The molecule has 0 amide bonds. The minimum Gasteiger partial charge on any atom is -0.369 e. The Labute approximate surface area is 161 Å². The highest BCUT2D eigenvalue weighted by Crippen LogP contribution is 2.30. The second kappa shape index (κ2) is 7.80. The van der Waals surface area contributed by atoms with Gasteiger partial charge in [0.15, 0.2) is 5.82 Å². The van der Waals surface area contributed by atoms with Gasteiger partial charge in [-0.3, -0.25) is 0 Å². The molecule has 0 unspecified atom stereocenters. The van der Waals surface area contributed by atoms with Crippen molar-refractivity contribution in [1.82, 2.24) is 15.0 Å². The van der Waals surface area contributed by atoms with E-state index in [9.17, 15) is 4.39 Å². The van der Waals surface area contributed by atoms with Crippen molar-refractivity contribution in [3.63, 3.8) is 0 Å². The number of aryl methyl sites for hydroxylation is 2. The lowest BCUT2D eigenvalue weighted by Crippen LogP contribution is -2.06. The number of pyridine rings is 1. The zero-order valence-corrected chi connectivity index (χ0v) is 15.8. The molecule has 27 heavy (non-hydrogen) atoms. The summed E-state index contributed by atoms with van der Waals surface area (Å²) in [5.74, 6) is 0.944. The van der Waals surface area contributed by atoms with Crippen molar-refractivity contribution in [1.29, 1.82) is 0 Å². The number of nitrogens with one attached hydrogen (secondary N) is 1. The van der Waals surface area contributed by atoms with Crippen LogP contribution in [0.1, 0.15) is 16.9 Å². The van der Waals surface area contributed by atoms with Gasteiger partial charge in [-0.25, -0.2) is 19.3 Å². The molecule has 3 heterocycles. The summed E-state index contributed by atoms with van der Waals surface area (Å²) in [4.78, 5) is 15.5. The molecular weight excluding hydrogens is 359 g/mol. The Kier molecular flexibility index (Phi) is 5.07. The number of rotatable bonds is 6. The van der Waals surface area contributed by atoms with Crippen molar-refractivity contribution in [2.75, 3.05) is 11.9 Å². The SMILES string of the molecule is Cc1cc2c(NCCCc3ccccc3)nc(-c3ccc(F)cn3)nc2s1. The van der Waals surface area contributed by atoms with E-state index in [2.05, 4.69) is 57.5 Å². The molecule has 0 aliphatic carbocycles. The molecule has 0 saturated carbocycles. The Balaban J connectivity index is 1.56. The van der Waals surface area contributed by atoms with Gasteiger partial charge in [-0.2, -0.15) is 0 Å². The van der Waals surface area contributed by atoms with Crippen LogP contribution in [0.15, 0.2) is 54.7 Å². The standard InChI is InChI=1S/C21H19FN4S/c1-14-12-17-19(23-11-5-8-15-6-3-2-4-7-15)25-20(26-21(17)27-14)18-10-9-16(22)13-24-18/h2-4,6-7,9-10,12-13H,5,8,11H2,1H3,(H,23,25,26). The van der Waals surface area contributed by atoms with Crippen LogP contribution in [-0.4, -0.2) is 21.5 Å². The first kappa shape index (κ1) is 17.5. The van der Waals surface area contributed by atoms with Crippen LogP contribution in [-0.2, 0) is 6.42 Å². The Morgan fingerprint density at radius 3 is 2.70 bits per heavy atom. The molecule has 6 heteroatoms. The zero-order valence-electron chi connectivity index (χ0n) is 14.9. The predicted octanol–water partition coefficient (Wildman–Crippen LogP) is 5.25. The van der Waals surface area contributed by atoms with Gasteiger partial charge >= 0.3 is 0 Å². The van der Waals surface area contributed by atoms with Gasteiger partial charge in [-0.1, -0.05) is 30.3 Å². The minimum absolute atomic E-state index is 0.369. The van der Waals surface area contributed by atoms with Crippen molar-refractivity contribution < 1.29 is 4.39 Å². The molecular formula is C21H19FN4S. The van der Waals surface area contributed by atoms with Gasteiger partial charge in [0.05, 0.1) is 11.6 Å². The van der Waals surface area contributed by atoms with Gasteiger partial charge in [-0.05, 0) is 43.5 Å². The summed E-state index contributed by atoms with van der Waals surface area (Å²) in [7, 11) is 0. The number of hydrogen-bond donors (Lipinski definition) is 1. The van der Waals surface area contributed by atoms with Crippen molar-refractivity contribution in [3.8, 4) is 11.5 Å². The van der Waals surface area contributed by atoms with Crippen LogP contribution in [0.25, 0.3) is 21.7 Å². The van der Waals surface area contributed by atoms with Gasteiger partial charge in [0.2, 0.25) is 0 Å². The maximum absolute atomic E-state index is 13.2. The first-order chi connectivity index (χ1) is 13.2. The van der Waals surface area contributed by atoms with E-state index in [4.69, 9.17) is 0 Å². The van der Waals surface area contributed by atoms with Gasteiger partial charge in [0.1, 0.15) is 22.2 Å². The largest absolute Gasteiger partial charge is 0.369 e. The molecule has 1 N–H and O–H groups in total. The molecule has 0 aliphatic heterocycles. The van der Waals surface area contributed by atoms with E-state index in [-0.39, 0.29) is 5.82 Å². The first-order valence-electron chi connectivity index (χ1n) is 8.87. The second-order valence-corrected chi connectivity index (χ2v) is 7.58. The highest BCUT2D eigenvalue weighted by molar-refractivity contribution is 7.18. The third kappa shape index (κ3) is 4.11. The molecule has 4 aromatic rings. The molecule has 0 radical (unpaired) electrons. The fraction of sp³-hybridized carbons (Fsp3) is 0.190. The molecule has 0 aliphatic rings. The number of thiophene rings is 1. The van der Waals surface area contributed by atoms with Crippen molar-refractivity contribution in [2.24, 2.45) is 0 Å². The monoisotopic (exact) mass is 378 g/mol. The summed E-state index contributed by atoms with van der Waals surface area (Å²) in [6.07, 6.45) is 3.20. The molecule has 0 bridgehead atoms. The molecule has 3 aromatic heterocycles. The van der Waals surface area contributed by atoms with E-state index in [1.165, 1.54) is 22.7 Å². The Morgan fingerprint density at radius 2 is 1.93 bits per heavy atom. The smallest absolute Gasteiger partial charge is 0.181 e. The van der Waals surface area contributed by atoms with E-state index < -0.39 is 0 Å². The normalized spacial score (nSPS) is 11.0. The number of anilines is 1. The number of aromatic nitrogens is 3. The molecule has 1 aromatic carbocycles. The fourth-order valence-corrected chi connectivity index (χ4v) is 3.82. The topological polar surface area (TPSA) is 50.7 Å². The Hall–Kier alpha value is -2.86. The molecule has 0 spiro atoms. The summed E-state index contributed by atoms with van der Waals surface area (Å²) in [6, 6.07) is 15.5. The lowest BCUT2D eigenvalue weighted by atomic mass is 10.1. The average molecular weight is 378 g/mol. The molecule has 0 fully saturated rings. The van der Waals surface area contributed by atoms with Crippen LogP contribution in [0.2, 0.25) is 0 Å². The lowest BCUT2D eigenvalue weighted by molar-refractivity contribution is 0.621. The van der Waals surface area contributed by atoms with E-state index in [0.29, 0.717) is 11.5 Å². The van der Waals surface area contributed by atoms with Gasteiger partial charge in [0.25, 0.3) is 0 Å². The highest BCUT2D eigenvalue weighted by Gasteiger charge is 2.12. The molecule has 136 valence electrons. The average Bonchev–Trinajstić information content (AvgIpc) is 3.07. The van der Waals surface area contributed by atoms with Crippen molar-refractivity contribution in [3.05, 3.63) is 71.0 Å². The van der Waals surface area contributed by atoms with E-state index in [0.717, 1.165) is 35.4 Å². The van der Waals surface area contributed by atoms with Crippen molar-refractivity contribution >= 4 is 27.4 Å². The van der Waals surface area contributed by atoms with Crippen molar-refractivity contribution in [2.45, 2.75) is 19.8 Å². The third-order valence-electron chi connectivity index (χ3n) is 4.25. The Bertz CT molecular complexity index is 1050. The number of halogens is 1.